The van der Waals surface area contributed by atoms with Gasteiger partial charge >= 0.3 is 0 Å². The predicted molar refractivity (Wildman–Crippen MR) is 82.2 cm³/mol. The van der Waals surface area contributed by atoms with Crippen LogP contribution in [-0.2, 0) is 4.79 Å². The molecule has 21 heavy (non-hydrogen) atoms. The minimum Gasteiger partial charge on any atom is -0.465 e. The molecule has 0 aliphatic heterocycles. The van der Waals surface area contributed by atoms with E-state index in [1.807, 2.05) is 0 Å². The third kappa shape index (κ3) is 4.63. The van der Waals surface area contributed by atoms with Crippen molar-refractivity contribution < 1.29 is 14.3 Å². The molecule has 1 heterocycles. The molecule has 0 fully saturated rings. The molecule has 6 heteroatoms. The molecule has 1 aromatic carbocycles. The molecule has 2 aromatic rings. The second-order valence-electron chi connectivity index (χ2n) is 4.28. The highest BCUT2D eigenvalue weighted by molar-refractivity contribution is 6.35. The minimum absolute atomic E-state index is 0.0443. The van der Waals surface area contributed by atoms with E-state index in [4.69, 9.17) is 27.6 Å². The maximum absolute atomic E-state index is 11.6. The van der Waals surface area contributed by atoms with Gasteiger partial charge in [-0.1, -0.05) is 29.3 Å². The number of benzene rings is 1. The molecule has 0 saturated carbocycles. The van der Waals surface area contributed by atoms with Crippen molar-refractivity contribution in [3.8, 4) is 0 Å². The van der Waals surface area contributed by atoms with Crippen LogP contribution in [0.25, 0.3) is 6.08 Å². The first kappa shape index (κ1) is 15.6. The molecule has 1 unspecified atom stereocenters. The Morgan fingerprint density at radius 3 is 2.86 bits per heavy atom. The van der Waals surface area contributed by atoms with Crippen LogP contribution in [0.3, 0.4) is 0 Å². The quantitative estimate of drug-likeness (QED) is 0.827. The average Bonchev–Trinajstić information content (AvgIpc) is 2.95. The SMILES string of the molecule is O=C(/C=C/c1ccco1)NCC(O)c1ccc(Cl)cc1Cl. The van der Waals surface area contributed by atoms with E-state index in [1.165, 1.54) is 18.4 Å². The highest BCUT2D eigenvalue weighted by Gasteiger charge is 2.12. The van der Waals surface area contributed by atoms with Crippen molar-refractivity contribution in [3.05, 3.63) is 64.0 Å². The molecule has 1 amide bonds. The Morgan fingerprint density at radius 1 is 1.38 bits per heavy atom. The highest BCUT2D eigenvalue weighted by Crippen LogP contribution is 2.25. The molecular formula is C15H13Cl2NO3. The van der Waals surface area contributed by atoms with Crippen molar-refractivity contribution in [3.63, 3.8) is 0 Å². The number of carbonyl (C=O) groups is 1. The van der Waals surface area contributed by atoms with E-state index in [1.54, 1.807) is 30.3 Å². The number of amides is 1. The highest BCUT2D eigenvalue weighted by atomic mass is 35.5. The van der Waals surface area contributed by atoms with Crippen LogP contribution in [0.4, 0.5) is 0 Å². The van der Waals surface area contributed by atoms with Gasteiger partial charge in [0.1, 0.15) is 5.76 Å². The van der Waals surface area contributed by atoms with E-state index < -0.39 is 6.10 Å². The molecule has 110 valence electrons. The number of rotatable bonds is 5. The Balaban J connectivity index is 1.88. The van der Waals surface area contributed by atoms with Crippen molar-refractivity contribution in [1.82, 2.24) is 5.32 Å². The van der Waals surface area contributed by atoms with Crippen LogP contribution in [-0.4, -0.2) is 17.6 Å². The summed E-state index contributed by atoms with van der Waals surface area (Å²) in [5, 5.41) is 13.4. The second-order valence-corrected chi connectivity index (χ2v) is 5.12. The number of furan rings is 1. The first-order chi connectivity index (χ1) is 10.1. The molecule has 1 aromatic heterocycles. The summed E-state index contributed by atoms with van der Waals surface area (Å²) in [7, 11) is 0. The zero-order valence-corrected chi connectivity index (χ0v) is 12.4. The standard InChI is InChI=1S/C15H13Cl2NO3/c16-10-3-5-12(13(17)8-10)14(19)9-18-15(20)6-4-11-2-1-7-21-11/h1-8,14,19H,9H2,(H,18,20)/b6-4+. The summed E-state index contributed by atoms with van der Waals surface area (Å²) in [5.74, 6) is 0.238. The zero-order valence-electron chi connectivity index (χ0n) is 10.9. The maximum atomic E-state index is 11.6. The van der Waals surface area contributed by atoms with Gasteiger partial charge in [0.25, 0.3) is 0 Å². The van der Waals surface area contributed by atoms with Crippen LogP contribution in [0.15, 0.2) is 47.1 Å². The third-order valence-electron chi connectivity index (χ3n) is 2.73. The largest absolute Gasteiger partial charge is 0.465 e. The number of aliphatic hydroxyl groups is 1. The molecule has 1 atom stereocenters. The maximum Gasteiger partial charge on any atom is 0.244 e. The lowest BCUT2D eigenvalue weighted by Gasteiger charge is -2.13. The molecule has 0 saturated heterocycles. The summed E-state index contributed by atoms with van der Waals surface area (Å²) in [6.45, 7) is 0.0443. The van der Waals surface area contributed by atoms with Crippen molar-refractivity contribution in [2.75, 3.05) is 6.54 Å². The molecule has 2 rings (SSSR count). The van der Waals surface area contributed by atoms with E-state index in [0.717, 1.165) is 0 Å². The smallest absolute Gasteiger partial charge is 0.244 e. The number of halogens is 2. The summed E-state index contributed by atoms with van der Waals surface area (Å²) in [6.07, 6.45) is 3.48. The number of hydrogen-bond acceptors (Lipinski definition) is 3. The Bertz CT molecular complexity index is 638. The Labute approximate surface area is 132 Å². The fourth-order valence-corrected chi connectivity index (χ4v) is 2.22. The summed E-state index contributed by atoms with van der Waals surface area (Å²) >= 11 is 11.8. The van der Waals surface area contributed by atoms with Crippen molar-refractivity contribution >= 4 is 35.2 Å². The van der Waals surface area contributed by atoms with Crippen molar-refractivity contribution in [2.45, 2.75) is 6.10 Å². The van der Waals surface area contributed by atoms with Crippen molar-refractivity contribution in [2.24, 2.45) is 0 Å². The van der Waals surface area contributed by atoms with E-state index >= 15 is 0 Å². The molecule has 0 spiro atoms. The van der Waals surface area contributed by atoms with Gasteiger partial charge in [-0.05, 0) is 30.3 Å². The van der Waals surface area contributed by atoms with Gasteiger partial charge in [0.05, 0.1) is 12.4 Å². The summed E-state index contributed by atoms with van der Waals surface area (Å²) in [5.41, 5.74) is 0.511. The third-order valence-corrected chi connectivity index (χ3v) is 3.30. The number of nitrogens with one attached hydrogen (secondary N) is 1. The Hall–Kier alpha value is -1.75. The van der Waals surface area contributed by atoms with Gasteiger partial charge in [-0.2, -0.15) is 0 Å². The van der Waals surface area contributed by atoms with Gasteiger partial charge in [-0.15, -0.1) is 0 Å². The van der Waals surface area contributed by atoms with Crippen LogP contribution in [0.1, 0.15) is 17.4 Å². The van der Waals surface area contributed by atoms with E-state index in [9.17, 15) is 9.90 Å². The Morgan fingerprint density at radius 2 is 2.19 bits per heavy atom. The monoisotopic (exact) mass is 325 g/mol. The van der Waals surface area contributed by atoms with Gasteiger partial charge in [0.15, 0.2) is 0 Å². The predicted octanol–water partition coefficient (Wildman–Crippen LogP) is 3.45. The number of hydrogen-bond donors (Lipinski definition) is 2. The summed E-state index contributed by atoms with van der Waals surface area (Å²) in [6, 6.07) is 8.25. The topological polar surface area (TPSA) is 62.5 Å². The molecule has 0 radical (unpaired) electrons. The molecule has 0 aliphatic carbocycles. The van der Waals surface area contributed by atoms with E-state index in [-0.39, 0.29) is 12.5 Å². The van der Waals surface area contributed by atoms with Crippen LogP contribution in [0.2, 0.25) is 10.0 Å². The lowest BCUT2D eigenvalue weighted by atomic mass is 10.1. The second kappa shape index (κ2) is 7.31. The van der Waals surface area contributed by atoms with Crippen LogP contribution in [0.5, 0.6) is 0 Å². The molecule has 0 bridgehead atoms. The van der Waals surface area contributed by atoms with E-state index in [2.05, 4.69) is 5.32 Å². The molecule has 0 aliphatic rings. The fourth-order valence-electron chi connectivity index (χ4n) is 1.68. The number of carbonyl (C=O) groups excluding carboxylic acids is 1. The first-order valence-electron chi connectivity index (χ1n) is 6.18. The van der Waals surface area contributed by atoms with Gasteiger partial charge in [-0.3, -0.25) is 4.79 Å². The van der Waals surface area contributed by atoms with Gasteiger partial charge < -0.3 is 14.8 Å². The lowest BCUT2D eigenvalue weighted by molar-refractivity contribution is -0.116. The lowest BCUT2D eigenvalue weighted by Crippen LogP contribution is -2.26. The molecule has 4 nitrogen and oxygen atoms in total. The summed E-state index contributed by atoms with van der Waals surface area (Å²) in [4.78, 5) is 11.6. The molecule has 2 N–H and O–H groups in total. The number of aliphatic hydroxyl groups excluding tert-OH is 1. The first-order valence-corrected chi connectivity index (χ1v) is 6.94. The average molecular weight is 326 g/mol. The summed E-state index contributed by atoms with van der Waals surface area (Å²) < 4.78 is 5.06. The van der Waals surface area contributed by atoms with Gasteiger partial charge in [0.2, 0.25) is 5.91 Å². The van der Waals surface area contributed by atoms with Crippen LogP contribution in [0, 0.1) is 0 Å². The fraction of sp³-hybridized carbons (Fsp3) is 0.133. The van der Waals surface area contributed by atoms with E-state index in [0.29, 0.717) is 21.4 Å². The van der Waals surface area contributed by atoms with Crippen LogP contribution >= 0.6 is 23.2 Å². The normalized spacial score (nSPS) is 12.5. The molecular weight excluding hydrogens is 313 g/mol. The van der Waals surface area contributed by atoms with Crippen molar-refractivity contribution in [1.29, 1.82) is 0 Å². The van der Waals surface area contributed by atoms with Gasteiger partial charge in [0, 0.05) is 28.2 Å². The van der Waals surface area contributed by atoms with Gasteiger partial charge in [-0.25, -0.2) is 0 Å². The minimum atomic E-state index is -0.907. The Kier molecular flexibility index (Phi) is 5.44. The van der Waals surface area contributed by atoms with Crippen LogP contribution < -0.4 is 5.32 Å². The zero-order chi connectivity index (χ0) is 15.2.